The molecular formula is C12H13ClF3N. The van der Waals surface area contributed by atoms with Gasteiger partial charge in [0.2, 0.25) is 0 Å². The van der Waals surface area contributed by atoms with Gasteiger partial charge >= 0.3 is 6.18 Å². The fraction of sp³-hybridized carbons (Fsp3) is 0.500. The van der Waals surface area contributed by atoms with Gasteiger partial charge in [0, 0.05) is 6.54 Å². The zero-order chi connectivity index (χ0) is 12.5. The third-order valence-corrected chi connectivity index (χ3v) is 3.36. The predicted molar refractivity (Wildman–Crippen MR) is 61.1 cm³/mol. The first-order valence-electron chi connectivity index (χ1n) is 5.50. The van der Waals surface area contributed by atoms with Crippen LogP contribution in [0.1, 0.15) is 22.9 Å². The Morgan fingerprint density at radius 2 is 1.76 bits per heavy atom. The molecule has 0 bridgehead atoms. The number of nitrogens with zero attached hydrogens (tertiary/aromatic N) is 1. The fourth-order valence-corrected chi connectivity index (χ4v) is 2.12. The van der Waals surface area contributed by atoms with Gasteiger partial charge in [0.05, 0.1) is 10.9 Å². The molecule has 1 aliphatic rings. The molecule has 0 aromatic heterocycles. The van der Waals surface area contributed by atoms with Crippen molar-refractivity contribution >= 4 is 11.6 Å². The zero-order valence-electron chi connectivity index (χ0n) is 9.17. The Labute approximate surface area is 103 Å². The lowest BCUT2D eigenvalue weighted by molar-refractivity contribution is -0.137. The van der Waals surface area contributed by atoms with Crippen LogP contribution in [0.25, 0.3) is 0 Å². The van der Waals surface area contributed by atoms with Gasteiger partial charge in [-0.25, -0.2) is 0 Å². The topological polar surface area (TPSA) is 3.24 Å². The molecule has 17 heavy (non-hydrogen) atoms. The second-order valence-electron chi connectivity index (χ2n) is 4.24. The monoisotopic (exact) mass is 263 g/mol. The van der Waals surface area contributed by atoms with Gasteiger partial charge in [0.25, 0.3) is 0 Å². The molecule has 0 radical (unpaired) electrons. The Balaban J connectivity index is 2.01. The molecule has 0 amide bonds. The molecule has 0 aliphatic carbocycles. The van der Waals surface area contributed by atoms with Crippen molar-refractivity contribution in [2.75, 3.05) is 19.6 Å². The summed E-state index contributed by atoms with van der Waals surface area (Å²) >= 11 is 6.16. The van der Waals surface area contributed by atoms with Crippen LogP contribution in [0.15, 0.2) is 24.3 Å². The van der Waals surface area contributed by atoms with Gasteiger partial charge in [-0.05, 0) is 37.2 Å². The highest BCUT2D eigenvalue weighted by Gasteiger charge is 2.30. The summed E-state index contributed by atoms with van der Waals surface area (Å²) in [4.78, 5) is 2.19. The van der Waals surface area contributed by atoms with Crippen molar-refractivity contribution in [3.8, 4) is 0 Å². The number of rotatable bonds is 3. The number of hydrogen-bond donors (Lipinski definition) is 0. The highest BCUT2D eigenvalue weighted by Crippen LogP contribution is 2.31. The number of hydrogen-bond acceptors (Lipinski definition) is 1. The van der Waals surface area contributed by atoms with Crippen LogP contribution in [0.3, 0.4) is 0 Å². The summed E-state index contributed by atoms with van der Waals surface area (Å²) in [6.07, 6.45) is -3.10. The Hall–Kier alpha value is -0.740. The van der Waals surface area contributed by atoms with Crippen molar-refractivity contribution in [1.82, 2.24) is 4.90 Å². The summed E-state index contributed by atoms with van der Waals surface area (Å²) in [6, 6.07) is 5.09. The van der Waals surface area contributed by atoms with Crippen LogP contribution in [-0.4, -0.2) is 24.5 Å². The van der Waals surface area contributed by atoms with Crippen molar-refractivity contribution in [2.24, 2.45) is 0 Å². The van der Waals surface area contributed by atoms with Gasteiger partial charge in [0.15, 0.2) is 0 Å². The number of halogens is 4. The van der Waals surface area contributed by atoms with Crippen LogP contribution in [0.4, 0.5) is 13.2 Å². The fourth-order valence-electron chi connectivity index (χ4n) is 1.78. The van der Waals surface area contributed by atoms with Crippen LogP contribution in [0, 0.1) is 0 Å². The van der Waals surface area contributed by atoms with E-state index in [0.717, 1.165) is 30.8 Å². The van der Waals surface area contributed by atoms with E-state index in [2.05, 4.69) is 4.90 Å². The zero-order valence-corrected chi connectivity index (χ0v) is 9.93. The predicted octanol–water partition coefficient (Wildman–Crippen LogP) is 3.69. The van der Waals surface area contributed by atoms with Crippen LogP contribution in [0.2, 0.25) is 0 Å². The third-order valence-electron chi connectivity index (χ3n) is 2.97. The standard InChI is InChI=1S/C12H13ClF3N/c13-11(8-17-6-1-7-17)9-2-4-10(5-3-9)12(14,15)16/h2-5,11H,1,6-8H2/t11-/m0/s1. The Morgan fingerprint density at radius 3 is 2.18 bits per heavy atom. The summed E-state index contributed by atoms with van der Waals surface area (Å²) in [7, 11) is 0. The van der Waals surface area contributed by atoms with Crippen LogP contribution >= 0.6 is 11.6 Å². The quantitative estimate of drug-likeness (QED) is 0.752. The lowest BCUT2D eigenvalue weighted by Crippen LogP contribution is -2.39. The second-order valence-corrected chi connectivity index (χ2v) is 4.77. The molecule has 1 fully saturated rings. The van der Waals surface area contributed by atoms with E-state index in [1.165, 1.54) is 18.6 Å². The first kappa shape index (κ1) is 12.7. The van der Waals surface area contributed by atoms with E-state index in [9.17, 15) is 13.2 Å². The summed E-state index contributed by atoms with van der Waals surface area (Å²) in [6.45, 7) is 2.76. The molecule has 1 nitrogen and oxygen atoms in total. The van der Waals surface area contributed by atoms with Gasteiger partial charge in [0.1, 0.15) is 0 Å². The minimum atomic E-state index is -4.28. The molecule has 1 aliphatic heterocycles. The van der Waals surface area contributed by atoms with Crippen molar-refractivity contribution in [3.05, 3.63) is 35.4 Å². The number of benzene rings is 1. The molecule has 2 rings (SSSR count). The lowest BCUT2D eigenvalue weighted by atomic mass is 10.1. The molecule has 0 unspecified atom stereocenters. The lowest BCUT2D eigenvalue weighted by Gasteiger charge is -2.32. The SMILES string of the molecule is FC(F)(F)c1ccc([C@@H](Cl)CN2CCC2)cc1. The Kier molecular flexibility index (Phi) is 3.64. The molecule has 1 saturated heterocycles. The maximum absolute atomic E-state index is 12.4. The van der Waals surface area contributed by atoms with Crippen molar-refractivity contribution in [3.63, 3.8) is 0 Å². The smallest absolute Gasteiger partial charge is 0.301 e. The largest absolute Gasteiger partial charge is 0.416 e. The molecule has 0 saturated carbocycles. The van der Waals surface area contributed by atoms with Gasteiger partial charge in [-0.1, -0.05) is 12.1 Å². The van der Waals surface area contributed by atoms with E-state index in [4.69, 9.17) is 11.6 Å². The first-order chi connectivity index (χ1) is 7.97. The molecule has 1 heterocycles. The molecule has 1 aromatic rings. The maximum Gasteiger partial charge on any atom is 0.416 e. The van der Waals surface area contributed by atoms with Gasteiger partial charge in [-0.3, -0.25) is 0 Å². The van der Waals surface area contributed by atoms with Crippen LogP contribution in [0.5, 0.6) is 0 Å². The van der Waals surface area contributed by atoms with Crippen molar-refractivity contribution < 1.29 is 13.2 Å². The van der Waals surface area contributed by atoms with E-state index >= 15 is 0 Å². The minimum Gasteiger partial charge on any atom is -0.301 e. The molecule has 94 valence electrons. The van der Waals surface area contributed by atoms with Crippen LogP contribution < -0.4 is 0 Å². The third kappa shape index (κ3) is 3.13. The Morgan fingerprint density at radius 1 is 1.18 bits per heavy atom. The van der Waals surface area contributed by atoms with Crippen LogP contribution in [-0.2, 0) is 6.18 Å². The average Bonchev–Trinajstić information content (AvgIpc) is 2.22. The summed E-state index contributed by atoms with van der Waals surface area (Å²) in [5, 5.41) is -0.238. The van der Waals surface area contributed by atoms with Crippen molar-refractivity contribution in [1.29, 1.82) is 0 Å². The summed E-state index contributed by atoms with van der Waals surface area (Å²) in [5.74, 6) is 0. The first-order valence-corrected chi connectivity index (χ1v) is 5.94. The summed E-state index contributed by atoms with van der Waals surface area (Å²) < 4.78 is 37.1. The second kappa shape index (κ2) is 4.86. The highest BCUT2D eigenvalue weighted by atomic mass is 35.5. The van der Waals surface area contributed by atoms with Gasteiger partial charge in [-0.2, -0.15) is 13.2 Å². The number of likely N-dealkylation sites (tertiary alicyclic amines) is 1. The van der Waals surface area contributed by atoms with E-state index in [0.29, 0.717) is 6.54 Å². The molecule has 0 N–H and O–H groups in total. The normalized spacial score (nSPS) is 18.8. The average molecular weight is 264 g/mol. The molecule has 1 atom stereocenters. The molecule has 1 aromatic carbocycles. The Bertz CT molecular complexity index is 370. The van der Waals surface area contributed by atoms with E-state index in [1.54, 1.807) is 0 Å². The van der Waals surface area contributed by atoms with Gasteiger partial charge in [-0.15, -0.1) is 11.6 Å². The van der Waals surface area contributed by atoms with E-state index in [-0.39, 0.29) is 5.38 Å². The van der Waals surface area contributed by atoms with E-state index < -0.39 is 11.7 Å². The maximum atomic E-state index is 12.4. The van der Waals surface area contributed by atoms with Crippen molar-refractivity contribution in [2.45, 2.75) is 18.0 Å². The minimum absolute atomic E-state index is 0.238. The molecular weight excluding hydrogens is 251 g/mol. The number of alkyl halides is 4. The van der Waals surface area contributed by atoms with Gasteiger partial charge < -0.3 is 4.90 Å². The summed E-state index contributed by atoms with van der Waals surface area (Å²) in [5.41, 5.74) is 0.112. The highest BCUT2D eigenvalue weighted by molar-refractivity contribution is 6.21. The molecule has 0 spiro atoms. The van der Waals surface area contributed by atoms with E-state index in [1.807, 2.05) is 0 Å². The molecule has 5 heteroatoms.